The second-order valence-electron chi connectivity index (χ2n) is 5.14. The lowest BCUT2D eigenvalue weighted by atomic mass is 10.1. The van der Waals surface area contributed by atoms with Crippen molar-refractivity contribution in [3.05, 3.63) is 29.8 Å². The number of esters is 1. The SMILES string of the molecule is COC(=O)C[C@@H](N)c1ccccc1SC(C)(C)C.Cl. The van der Waals surface area contributed by atoms with Crippen molar-refractivity contribution in [2.75, 3.05) is 7.11 Å². The van der Waals surface area contributed by atoms with Crippen LogP contribution < -0.4 is 5.73 Å². The molecule has 0 radical (unpaired) electrons. The van der Waals surface area contributed by atoms with Crippen molar-refractivity contribution in [3.63, 3.8) is 0 Å². The van der Waals surface area contributed by atoms with Gasteiger partial charge >= 0.3 is 5.97 Å². The summed E-state index contributed by atoms with van der Waals surface area (Å²) in [7, 11) is 1.38. The molecule has 0 spiro atoms. The van der Waals surface area contributed by atoms with Crippen LogP contribution in [-0.4, -0.2) is 17.8 Å². The number of thioether (sulfide) groups is 1. The molecule has 0 aliphatic heterocycles. The zero-order valence-electron chi connectivity index (χ0n) is 11.8. The highest BCUT2D eigenvalue weighted by Gasteiger charge is 2.19. The van der Waals surface area contributed by atoms with Crippen molar-refractivity contribution < 1.29 is 9.53 Å². The molecule has 0 aliphatic carbocycles. The Hall–Kier alpha value is -0.710. The second kappa shape index (κ2) is 7.78. The molecule has 0 aliphatic rings. The maximum atomic E-state index is 11.3. The third-order valence-corrected chi connectivity index (χ3v) is 3.55. The van der Waals surface area contributed by atoms with Crippen LogP contribution in [0.2, 0.25) is 0 Å². The predicted molar refractivity (Wildman–Crippen MR) is 82.9 cm³/mol. The molecular formula is C14H22ClNO2S. The van der Waals surface area contributed by atoms with Crippen molar-refractivity contribution in [3.8, 4) is 0 Å². The number of ether oxygens (including phenoxy) is 1. The first-order chi connectivity index (χ1) is 8.33. The van der Waals surface area contributed by atoms with Gasteiger partial charge in [-0.2, -0.15) is 0 Å². The minimum Gasteiger partial charge on any atom is -0.469 e. The molecular weight excluding hydrogens is 282 g/mol. The molecule has 0 saturated heterocycles. The van der Waals surface area contributed by atoms with E-state index in [1.165, 1.54) is 7.11 Å². The number of hydrogen-bond donors (Lipinski definition) is 1. The Morgan fingerprint density at radius 2 is 1.95 bits per heavy atom. The first kappa shape index (κ1) is 18.3. The number of nitrogens with two attached hydrogens (primary N) is 1. The number of benzene rings is 1. The van der Waals surface area contributed by atoms with Crippen LogP contribution in [0.4, 0.5) is 0 Å². The van der Waals surface area contributed by atoms with E-state index < -0.39 is 0 Å². The number of rotatable bonds is 4. The maximum Gasteiger partial charge on any atom is 0.307 e. The molecule has 0 bridgehead atoms. The van der Waals surface area contributed by atoms with Crippen LogP contribution in [0.15, 0.2) is 29.2 Å². The number of carbonyl (C=O) groups excluding carboxylic acids is 1. The summed E-state index contributed by atoms with van der Waals surface area (Å²) in [6.07, 6.45) is 0.207. The van der Waals surface area contributed by atoms with Crippen molar-refractivity contribution in [1.82, 2.24) is 0 Å². The van der Waals surface area contributed by atoms with E-state index in [4.69, 9.17) is 5.73 Å². The molecule has 0 amide bonds. The highest BCUT2D eigenvalue weighted by atomic mass is 35.5. The molecule has 0 fully saturated rings. The van der Waals surface area contributed by atoms with Crippen LogP contribution in [0, 0.1) is 0 Å². The predicted octanol–water partition coefficient (Wildman–Crippen LogP) is 3.56. The van der Waals surface area contributed by atoms with Crippen molar-refractivity contribution in [1.29, 1.82) is 0 Å². The third-order valence-electron chi connectivity index (χ3n) is 2.35. The van der Waals surface area contributed by atoms with Gasteiger partial charge in [-0.1, -0.05) is 39.0 Å². The summed E-state index contributed by atoms with van der Waals surface area (Å²) in [6.45, 7) is 6.46. The van der Waals surface area contributed by atoms with Crippen molar-refractivity contribution in [2.24, 2.45) is 5.73 Å². The molecule has 5 heteroatoms. The topological polar surface area (TPSA) is 52.3 Å². The van der Waals surface area contributed by atoms with Gasteiger partial charge in [0.1, 0.15) is 0 Å². The standard InChI is InChI=1S/C14H21NO2S.ClH/c1-14(2,3)18-12-8-6-5-7-10(12)11(15)9-13(16)17-4;/h5-8,11H,9,15H2,1-4H3;1H/t11-;/m1./s1. The smallest absolute Gasteiger partial charge is 0.307 e. The fraction of sp³-hybridized carbons (Fsp3) is 0.500. The fourth-order valence-corrected chi connectivity index (χ4v) is 2.73. The lowest BCUT2D eigenvalue weighted by molar-refractivity contribution is -0.141. The Kier molecular flexibility index (Phi) is 7.49. The average molecular weight is 304 g/mol. The zero-order valence-corrected chi connectivity index (χ0v) is 13.4. The number of methoxy groups -OCH3 is 1. The Morgan fingerprint density at radius 1 is 1.37 bits per heavy atom. The van der Waals surface area contributed by atoms with Gasteiger partial charge in [-0.3, -0.25) is 4.79 Å². The summed E-state index contributed by atoms with van der Waals surface area (Å²) in [5, 5.41) is 0. The Bertz CT molecular complexity index is 418. The first-order valence-corrected chi connectivity index (χ1v) is 6.75. The molecule has 1 aromatic rings. The van der Waals surface area contributed by atoms with Crippen LogP contribution in [0.3, 0.4) is 0 Å². The fourth-order valence-electron chi connectivity index (χ4n) is 1.58. The Balaban J connectivity index is 0.00000324. The zero-order chi connectivity index (χ0) is 13.8. The first-order valence-electron chi connectivity index (χ1n) is 5.94. The van der Waals surface area contributed by atoms with E-state index >= 15 is 0 Å². The van der Waals surface area contributed by atoms with Crippen LogP contribution in [-0.2, 0) is 9.53 Å². The molecule has 3 nitrogen and oxygen atoms in total. The highest BCUT2D eigenvalue weighted by molar-refractivity contribution is 8.00. The monoisotopic (exact) mass is 303 g/mol. The van der Waals surface area contributed by atoms with Gasteiger partial charge in [0, 0.05) is 15.7 Å². The van der Waals surface area contributed by atoms with Gasteiger partial charge in [-0.05, 0) is 11.6 Å². The van der Waals surface area contributed by atoms with E-state index in [-0.39, 0.29) is 35.6 Å². The molecule has 108 valence electrons. The lowest BCUT2D eigenvalue weighted by Gasteiger charge is -2.22. The van der Waals surface area contributed by atoms with Gasteiger partial charge in [0.05, 0.1) is 13.5 Å². The van der Waals surface area contributed by atoms with E-state index in [0.717, 1.165) is 10.5 Å². The highest BCUT2D eigenvalue weighted by Crippen LogP contribution is 2.36. The third kappa shape index (κ3) is 6.32. The van der Waals surface area contributed by atoms with E-state index in [0.29, 0.717) is 0 Å². The molecule has 2 N–H and O–H groups in total. The maximum absolute atomic E-state index is 11.3. The largest absolute Gasteiger partial charge is 0.469 e. The van der Waals surface area contributed by atoms with Crippen LogP contribution in [0.5, 0.6) is 0 Å². The summed E-state index contributed by atoms with van der Waals surface area (Å²) in [5.74, 6) is -0.280. The second-order valence-corrected chi connectivity index (χ2v) is 7.01. The molecule has 1 rings (SSSR count). The normalized spacial score (nSPS) is 12.5. The Morgan fingerprint density at radius 3 is 2.47 bits per heavy atom. The quantitative estimate of drug-likeness (QED) is 0.682. The van der Waals surface area contributed by atoms with E-state index in [1.54, 1.807) is 11.8 Å². The van der Waals surface area contributed by atoms with Gasteiger partial charge in [0.25, 0.3) is 0 Å². The molecule has 0 heterocycles. The van der Waals surface area contributed by atoms with Gasteiger partial charge in [0.2, 0.25) is 0 Å². The number of carbonyl (C=O) groups is 1. The molecule has 1 aromatic carbocycles. The molecule has 0 unspecified atom stereocenters. The van der Waals surface area contributed by atoms with E-state index in [9.17, 15) is 4.79 Å². The van der Waals surface area contributed by atoms with Gasteiger partial charge in [-0.15, -0.1) is 24.2 Å². The average Bonchev–Trinajstić information content (AvgIpc) is 2.27. The molecule has 0 aromatic heterocycles. The van der Waals surface area contributed by atoms with Crippen LogP contribution in [0.25, 0.3) is 0 Å². The van der Waals surface area contributed by atoms with Crippen molar-refractivity contribution in [2.45, 2.75) is 42.9 Å². The van der Waals surface area contributed by atoms with Gasteiger partial charge < -0.3 is 10.5 Å². The van der Waals surface area contributed by atoms with Gasteiger partial charge in [-0.25, -0.2) is 0 Å². The number of halogens is 1. The van der Waals surface area contributed by atoms with E-state index in [2.05, 4.69) is 25.5 Å². The molecule has 0 saturated carbocycles. The summed E-state index contributed by atoms with van der Waals surface area (Å²) >= 11 is 1.76. The Labute approximate surface area is 125 Å². The minimum absolute atomic E-state index is 0. The molecule has 1 atom stereocenters. The van der Waals surface area contributed by atoms with E-state index in [1.807, 2.05) is 24.3 Å². The summed E-state index contributed by atoms with van der Waals surface area (Å²) in [4.78, 5) is 12.4. The summed E-state index contributed by atoms with van der Waals surface area (Å²) in [6, 6.07) is 7.63. The summed E-state index contributed by atoms with van der Waals surface area (Å²) in [5.41, 5.74) is 7.08. The lowest BCUT2D eigenvalue weighted by Crippen LogP contribution is -2.18. The van der Waals surface area contributed by atoms with Crippen molar-refractivity contribution >= 4 is 30.1 Å². The minimum atomic E-state index is -0.316. The summed E-state index contributed by atoms with van der Waals surface area (Å²) < 4.78 is 4.77. The molecule has 19 heavy (non-hydrogen) atoms. The van der Waals surface area contributed by atoms with Crippen LogP contribution >= 0.6 is 24.2 Å². The van der Waals surface area contributed by atoms with Crippen LogP contribution in [0.1, 0.15) is 38.8 Å². The number of hydrogen-bond acceptors (Lipinski definition) is 4. The van der Waals surface area contributed by atoms with Gasteiger partial charge in [0.15, 0.2) is 0 Å².